The molecule has 2 aromatic heterocycles. The van der Waals surface area contributed by atoms with Crippen LogP contribution >= 0.6 is 23.1 Å². The first-order valence-corrected chi connectivity index (χ1v) is 10.4. The van der Waals surface area contributed by atoms with Gasteiger partial charge in [-0.05, 0) is 48.2 Å². The van der Waals surface area contributed by atoms with Crippen molar-refractivity contribution in [1.29, 1.82) is 0 Å². The maximum absolute atomic E-state index is 13.2. The minimum absolute atomic E-state index is 0.0600. The van der Waals surface area contributed by atoms with Crippen LogP contribution in [0.5, 0.6) is 0 Å². The molecule has 140 valence electrons. The van der Waals surface area contributed by atoms with Crippen LogP contribution < -0.4 is 10.9 Å². The van der Waals surface area contributed by atoms with Crippen LogP contribution in [-0.4, -0.2) is 21.5 Å². The number of amides is 1. The van der Waals surface area contributed by atoms with E-state index in [1.54, 1.807) is 23.6 Å². The minimum atomic E-state index is -0.523. The molecule has 0 atom stereocenters. The Hall–Kier alpha value is -2.97. The van der Waals surface area contributed by atoms with Crippen molar-refractivity contribution in [3.05, 3.63) is 81.8 Å². The fourth-order valence-corrected chi connectivity index (χ4v) is 4.22. The number of aromatic nitrogens is 2. The summed E-state index contributed by atoms with van der Waals surface area (Å²) in [5.74, 6) is -0.883. The zero-order valence-corrected chi connectivity index (χ0v) is 16.3. The van der Waals surface area contributed by atoms with Gasteiger partial charge in [-0.25, -0.2) is 9.37 Å². The van der Waals surface area contributed by atoms with Crippen LogP contribution in [0.1, 0.15) is 10.4 Å². The van der Waals surface area contributed by atoms with Crippen molar-refractivity contribution in [3.8, 4) is 11.3 Å². The molecule has 0 aliphatic rings. The molecule has 28 heavy (non-hydrogen) atoms. The number of hydrogen-bond donors (Lipinski definition) is 1. The molecule has 0 spiro atoms. The topological polar surface area (TPSA) is 63.5 Å². The number of nitrogens with one attached hydrogen (secondary N) is 1. The molecule has 1 N–H and O–H groups in total. The smallest absolute Gasteiger partial charge is 0.271 e. The maximum Gasteiger partial charge on any atom is 0.271 e. The molecule has 0 radical (unpaired) electrons. The van der Waals surface area contributed by atoms with Crippen molar-refractivity contribution < 1.29 is 9.18 Å². The molecule has 0 aliphatic carbocycles. The molecule has 4 aromatic rings. The Morgan fingerprint density at radius 2 is 1.93 bits per heavy atom. The summed E-state index contributed by atoms with van der Waals surface area (Å²) in [6, 6.07) is 13.2. The molecule has 1 amide bonds. The normalized spacial score (nSPS) is 10.9. The Morgan fingerprint density at radius 3 is 2.68 bits per heavy atom. The molecule has 0 fully saturated rings. The van der Waals surface area contributed by atoms with E-state index < -0.39 is 11.5 Å². The first-order chi connectivity index (χ1) is 13.6. The molecule has 0 bridgehead atoms. The molecule has 2 heterocycles. The lowest BCUT2D eigenvalue weighted by Crippen LogP contribution is -2.26. The first-order valence-electron chi connectivity index (χ1n) is 8.28. The van der Waals surface area contributed by atoms with Gasteiger partial charge in [-0.1, -0.05) is 12.1 Å². The molecule has 4 rings (SSSR count). The summed E-state index contributed by atoms with van der Waals surface area (Å²) >= 11 is 2.78. The number of thioether (sulfide) groups is 1. The summed E-state index contributed by atoms with van der Waals surface area (Å²) in [6.45, 7) is 0. The number of nitrogens with zero attached hydrogens (tertiary/aromatic N) is 2. The van der Waals surface area contributed by atoms with Crippen molar-refractivity contribution in [2.24, 2.45) is 0 Å². The largest absolute Gasteiger partial charge is 0.321 e. The molecule has 5 nitrogen and oxygen atoms in total. The molecular weight excluding hydrogens is 397 g/mol. The molecule has 2 aromatic carbocycles. The van der Waals surface area contributed by atoms with Gasteiger partial charge in [-0.3, -0.25) is 14.0 Å². The van der Waals surface area contributed by atoms with E-state index in [1.807, 2.05) is 24.5 Å². The zero-order chi connectivity index (χ0) is 19.7. The van der Waals surface area contributed by atoms with Gasteiger partial charge in [0.15, 0.2) is 4.96 Å². The van der Waals surface area contributed by atoms with Gasteiger partial charge >= 0.3 is 0 Å². The molecule has 0 saturated carbocycles. The van der Waals surface area contributed by atoms with Gasteiger partial charge in [0.05, 0.1) is 11.4 Å². The maximum atomic E-state index is 13.2. The van der Waals surface area contributed by atoms with Crippen molar-refractivity contribution in [1.82, 2.24) is 9.38 Å². The summed E-state index contributed by atoms with van der Waals surface area (Å²) < 4.78 is 14.6. The van der Waals surface area contributed by atoms with E-state index >= 15 is 0 Å². The number of halogens is 1. The van der Waals surface area contributed by atoms with E-state index in [1.165, 1.54) is 45.8 Å². The van der Waals surface area contributed by atoms with Crippen molar-refractivity contribution >= 4 is 39.7 Å². The highest BCUT2D eigenvalue weighted by Crippen LogP contribution is 2.26. The van der Waals surface area contributed by atoms with Gasteiger partial charge in [0.1, 0.15) is 11.4 Å². The fraction of sp³-hybridized carbons (Fsp3) is 0.0500. The number of para-hydroxylation sites is 1. The lowest BCUT2D eigenvalue weighted by molar-refractivity contribution is 0.102. The molecule has 0 aliphatic heterocycles. The van der Waals surface area contributed by atoms with E-state index in [2.05, 4.69) is 10.3 Å². The Bertz CT molecular complexity index is 1230. The van der Waals surface area contributed by atoms with Gasteiger partial charge in [-0.15, -0.1) is 23.1 Å². The third-order valence-corrected chi connectivity index (χ3v) is 5.82. The second-order valence-electron chi connectivity index (χ2n) is 5.88. The Labute approximate surface area is 167 Å². The monoisotopic (exact) mass is 411 g/mol. The van der Waals surface area contributed by atoms with Crippen LogP contribution in [0, 0.1) is 5.82 Å². The number of benzene rings is 2. The quantitative estimate of drug-likeness (QED) is 0.501. The summed E-state index contributed by atoms with van der Waals surface area (Å²) in [6.07, 6.45) is 3.20. The lowest BCUT2D eigenvalue weighted by atomic mass is 10.1. The average Bonchev–Trinajstić information content (AvgIpc) is 3.14. The number of carbonyl (C=O) groups is 1. The SMILES string of the molecule is CSc1ccccc1NC(=O)c1cnc2scc(-c3ccc(F)cc3)n2c1=O. The number of anilines is 1. The van der Waals surface area contributed by atoms with Gasteiger partial charge < -0.3 is 5.32 Å². The van der Waals surface area contributed by atoms with Gasteiger partial charge in [0.2, 0.25) is 0 Å². The summed E-state index contributed by atoms with van der Waals surface area (Å²) in [7, 11) is 0. The van der Waals surface area contributed by atoms with Crippen LogP contribution in [0.4, 0.5) is 10.1 Å². The highest BCUT2D eigenvalue weighted by molar-refractivity contribution is 7.98. The fourth-order valence-electron chi connectivity index (χ4n) is 2.81. The summed E-state index contributed by atoms with van der Waals surface area (Å²) in [5, 5.41) is 4.55. The zero-order valence-electron chi connectivity index (χ0n) is 14.7. The van der Waals surface area contributed by atoms with E-state index in [0.717, 1.165) is 4.90 Å². The predicted molar refractivity (Wildman–Crippen MR) is 111 cm³/mol. The van der Waals surface area contributed by atoms with Gasteiger partial charge in [0.25, 0.3) is 11.5 Å². The standard InChI is InChI=1S/C20H14FN3O2S2/c1-27-17-5-3-2-4-15(17)23-18(25)14-10-22-20-24(19(14)26)16(11-28-20)12-6-8-13(21)9-7-12/h2-11H,1H3,(H,23,25). The highest BCUT2D eigenvalue weighted by Gasteiger charge is 2.18. The number of fused-ring (bicyclic) bond motifs is 1. The third-order valence-electron chi connectivity index (χ3n) is 4.19. The van der Waals surface area contributed by atoms with Crippen molar-refractivity contribution in [2.75, 3.05) is 11.6 Å². The molecular formula is C20H14FN3O2S2. The minimum Gasteiger partial charge on any atom is -0.321 e. The third kappa shape index (κ3) is 3.32. The second-order valence-corrected chi connectivity index (χ2v) is 7.56. The highest BCUT2D eigenvalue weighted by atomic mass is 32.2. The van der Waals surface area contributed by atoms with E-state index in [4.69, 9.17) is 0 Å². The van der Waals surface area contributed by atoms with Crippen LogP contribution in [0.3, 0.4) is 0 Å². The van der Waals surface area contributed by atoms with E-state index in [9.17, 15) is 14.0 Å². The Morgan fingerprint density at radius 1 is 1.18 bits per heavy atom. The van der Waals surface area contributed by atoms with Crippen LogP contribution in [-0.2, 0) is 0 Å². The lowest BCUT2D eigenvalue weighted by Gasteiger charge is -2.09. The number of hydrogen-bond acceptors (Lipinski definition) is 5. The molecule has 8 heteroatoms. The number of carbonyl (C=O) groups excluding carboxylic acids is 1. The predicted octanol–water partition coefficient (Wildman–Crippen LogP) is 4.54. The summed E-state index contributed by atoms with van der Waals surface area (Å²) in [5.41, 5.74) is 1.34. The van der Waals surface area contributed by atoms with Crippen molar-refractivity contribution in [2.45, 2.75) is 4.90 Å². The Balaban J connectivity index is 1.77. The van der Waals surface area contributed by atoms with Gasteiger partial charge in [0, 0.05) is 16.5 Å². The van der Waals surface area contributed by atoms with E-state index in [0.29, 0.717) is 21.9 Å². The first kappa shape index (κ1) is 18.4. The Kier molecular flexibility index (Phi) is 4.97. The second kappa shape index (κ2) is 7.57. The van der Waals surface area contributed by atoms with E-state index in [-0.39, 0.29) is 11.4 Å². The van der Waals surface area contributed by atoms with Gasteiger partial charge in [-0.2, -0.15) is 0 Å². The summed E-state index contributed by atoms with van der Waals surface area (Å²) in [4.78, 5) is 31.4. The molecule has 0 saturated heterocycles. The number of rotatable bonds is 4. The van der Waals surface area contributed by atoms with Crippen molar-refractivity contribution in [3.63, 3.8) is 0 Å². The van der Waals surface area contributed by atoms with Crippen LogP contribution in [0.25, 0.3) is 16.2 Å². The van der Waals surface area contributed by atoms with Crippen LogP contribution in [0.2, 0.25) is 0 Å². The average molecular weight is 411 g/mol. The molecule has 0 unspecified atom stereocenters. The number of thiazole rings is 1. The van der Waals surface area contributed by atoms with Crippen LogP contribution in [0.15, 0.2) is 69.8 Å².